The molecule has 0 aliphatic carbocycles. The summed E-state index contributed by atoms with van der Waals surface area (Å²) in [6, 6.07) is 0. The van der Waals surface area contributed by atoms with Crippen LogP contribution < -0.4 is 0 Å². The van der Waals surface area contributed by atoms with E-state index in [1.165, 1.54) is 10.3 Å². The van der Waals surface area contributed by atoms with Crippen LogP contribution >= 0.6 is 11.3 Å². The predicted molar refractivity (Wildman–Crippen MR) is 80.9 cm³/mol. The molecular weight excluding hydrogens is 228 g/mol. The van der Waals surface area contributed by atoms with Crippen molar-refractivity contribution in [3.05, 3.63) is 23.0 Å². The van der Waals surface area contributed by atoms with Crippen molar-refractivity contribution >= 4 is 21.6 Å². The smallest absolute Gasteiger partial charge is 0.100 e. The number of hydrogen-bond acceptors (Lipinski definition) is 3. The van der Waals surface area contributed by atoms with Gasteiger partial charge in [0.2, 0.25) is 0 Å². The Bertz CT molecular complexity index is 394. The molecule has 0 saturated carbocycles. The fourth-order valence-corrected chi connectivity index (χ4v) is 1.95. The van der Waals surface area contributed by atoms with Crippen LogP contribution in [-0.4, -0.2) is 9.97 Å². The zero-order valence-corrected chi connectivity index (χ0v) is 13.3. The van der Waals surface area contributed by atoms with E-state index in [1.807, 2.05) is 60.9 Å². The number of nitrogens with zero attached hydrogens (tertiary/aromatic N) is 2. The van der Waals surface area contributed by atoms with Crippen molar-refractivity contribution in [1.29, 1.82) is 0 Å². The summed E-state index contributed by atoms with van der Waals surface area (Å²) in [5, 5.41) is 1.11. The van der Waals surface area contributed by atoms with E-state index in [9.17, 15) is 0 Å². The second-order valence-electron chi connectivity index (χ2n) is 2.54. The van der Waals surface area contributed by atoms with Crippen LogP contribution in [0.15, 0.2) is 12.4 Å². The van der Waals surface area contributed by atoms with Gasteiger partial charge >= 0.3 is 0 Å². The Labute approximate surface area is 110 Å². The van der Waals surface area contributed by atoms with E-state index in [-0.39, 0.29) is 0 Å². The molecule has 2 heterocycles. The number of aryl methyl sites for hydroxylation is 2. The molecule has 0 spiro atoms. The van der Waals surface area contributed by atoms with E-state index >= 15 is 0 Å². The van der Waals surface area contributed by atoms with Crippen LogP contribution in [0.5, 0.6) is 0 Å². The zero-order chi connectivity index (χ0) is 13.8. The zero-order valence-electron chi connectivity index (χ0n) is 12.5. The van der Waals surface area contributed by atoms with Gasteiger partial charge in [-0.1, -0.05) is 41.5 Å². The monoisotopic (exact) mass is 254 g/mol. The summed E-state index contributed by atoms with van der Waals surface area (Å²) < 4.78 is 1.26. The lowest BCUT2D eigenvalue weighted by Crippen LogP contribution is -1.76. The Hall–Kier alpha value is -0.960. The first-order chi connectivity index (χ1) is 8.27. The maximum absolute atomic E-state index is 4.33. The fraction of sp³-hybridized carbons (Fsp3) is 0.571. The topological polar surface area (TPSA) is 25.8 Å². The maximum atomic E-state index is 4.33. The largest absolute Gasteiger partial charge is 0.262 e. The molecule has 3 heteroatoms. The van der Waals surface area contributed by atoms with Gasteiger partial charge < -0.3 is 0 Å². The van der Waals surface area contributed by atoms with Crippen LogP contribution in [0.4, 0.5) is 0 Å². The molecular formula is C14H26N2S. The summed E-state index contributed by atoms with van der Waals surface area (Å²) >= 11 is 1.73. The first-order valence-corrected chi connectivity index (χ1v) is 7.27. The molecule has 0 amide bonds. The number of hydrogen-bond donors (Lipinski definition) is 0. The Kier molecular flexibility index (Phi) is 12.5. The van der Waals surface area contributed by atoms with Crippen molar-refractivity contribution in [2.45, 2.75) is 55.4 Å². The third-order valence-electron chi connectivity index (χ3n) is 1.58. The average Bonchev–Trinajstić information content (AvgIpc) is 2.79. The van der Waals surface area contributed by atoms with Gasteiger partial charge in [-0.05, 0) is 19.4 Å². The van der Waals surface area contributed by atoms with Crippen molar-refractivity contribution < 1.29 is 0 Å². The molecule has 0 N–H and O–H groups in total. The van der Waals surface area contributed by atoms with Crippen molar-refractivity contribution in [3.63, 3.8) is 0 Å². The highest BCUT2D eigenvalue weighted by molar-refractivity contribution is 7.18. The summed E-state index contributed by atoms with van der Waals surface area (Å²) in [6.45, 7) is 16.1. The quantitative estimate of drug-likeness (QED) is 0.630. The van der Waals surface area contributed by atoms with Gasteiger partial charge in [0, 0.05) is 6.20 Å². The second kappa shape index (κ2) is 11.5. The summed E-state index contributed by atoms with van der Waals surface area (Å²) in [7, 11) is 0. The molecule has 2 aromatic rings. The van der Waals surface area contributed by atoms with E-state index in [4.69, 9.17) is 0 Å². The lowest BCUT2D eigenvalue weighted by Gasteiger charge is -1.89. The minimum Gasteiger partial charge on any atom is -0.262 e. The summed E-state index contributed by atoms with van der Waals surface area (Å²) in [4.78, 5) is 8.40. The molecule has 2 rings (SSSR count). The number of thiazole rings is 1. The summed E-state index contributed by atoms with van der Waals surface area (Å²) in [5.74, 6) is 0. The van der Waals surface area contributed by atoms with Crippen LogP contribution in [0.2, 0.25) is 0 Å². The first-order valence-electron chi connectivity index (χ1n) is 6.45. The van der Waals surface area contributed by atoms with Gasteiger partial charge in [-0.25, -0.2) is 4.98 Å². The Morgan fingerprint density at radius 2 is 1.41 bits per heavy atom. The average molecular weight is 254 g/mol. The molecule has 0 radical (unpaired) electrons. The molecule has 0 saturated heterocycles. The van der Waals surface area contributed by atoms with E-state index in [0.717, 1.165) is 10.5 Å². The van der Waals surface area contributed by atoms with Crippen LogP contribution in [0.25, 0.3) is 10.2 Å². The van der Waals surface area contributed by atoms with Gasteiger partial charge in [-0.2, -0.15) is 0 Å². The molecule has 0 atom stereocenters. The first kappa shape index (κ1) is 18.4. The number of aromatic nitrogens is 2. The molecule has 2 aromatic heterocycles. The van der Waals surface area contributed by atoms with Gasteiger partial charge in [0.25, 0.3) is 0 Å². The lowest BCUT2D eigenvalue weighted by atomic mass is 10.3. The maximum Gasteiger partial charge on any atom is 0.100 e. The van der Waals surface area contributed by atoms with Gasteiger partial charge in [0.15, 0.2) is 0 Å². The van der Waals surface area contributed by atoms with Crippen molar-refractivity contribution in [3.8, 4) is 0 Å². The van der Waals surface area contributed by atoms with E-state index in [0.29, 0.717) is 0 Å². The molecule has 0 bridgehead atoms. The van der Waals surface area contributed by atoms with Gasteiger partial charge in [-0.3, -0.25) is 4.98 Å². The lowest BCUT2D eigenvalue weighted by molar-refractivity contribution is 1.27. The Balaban J connectivity index is 0. The van der Waals surface area contributed by atoms with Gasteiger partial charge in [-0.15, -0.1) is 11.3 Å². The van der Waals surface area contributed by atoms with Crippen molar-refractivity contribution in [2.24, 2.45) is 0 Å². The van der Waals surface area contributed by atoms with Crippen molar-refractivity contribution in [2.75, 3.05) is 0 Å². The van der Waals surface area contributed by atoms with Gasteiger partial charge in [0.05, 0.1) is 15.9 Å². The third kappa shape index (κ3) is 5.78. The van der Waals surface area contributed by atoms with Crippen molar-refractivity contribution in [1.82, 2.24) is 9.97 Å². The summed E-state index contributed by atoms with van der Waals surface area (Å²) in [5.41, 5.74) is 2.24. The Morgan fingerprint density at radius 3 is 1.88 bits per heavy atom. The second-order valence-corrected chi connectivity index (χ2v) is 3.74. The fourth-order valence-electron chi connectivity index (χ4n) is 1.09. The number of rotatable bonds is 0. The highest BCUT2D eigenvalue weighted by Crippen LogP contribution is 2.23. The molecule has 98 valence electrons. The molecule has 0 aromatic carbocycles. The third-order valence-corrected chi connectivity index (χ3v) is 2.71. The molecule has 0 unspecified atom stereocenters. The molecule has 0 aliphatic rings. The number of fused-ring (bicyclic) bond motifs is 1. The Morgan fingerprint density at radius 1 is 0.882 bits per heavy atom. The van der Waals surface area contributed by atoms with E-state index < -0.39 is 0 Å². The molecule has 17 heavy (non-hydrogen) atoms. The minimum atomic E-state index is 1.02. The highest BCUT2D eigenvalue weighted by Gasteiger charge is 2.01. The van der Waals surface area contributed by atoms with Crippen LogP contribution in [0, 0.1) is 13.8 Å². The van der Waals surface area contributed by atoms with Crippen LogP contribution in [-0.2, 0) is 0 Å². The minimum absolute atomic E-state index is 1.02. The standard InChI is InChI=1S/C8H8N2S.3C2H6/c1-5-3-9-4-7-8(5)11-6(2)10-7;3*1-2/h3-4H,1-2H3;3*1-2H3. The SMILES string of the molecule is CC.CC.CC.Cc1nc2cncc(C)c2s1. The molecule has 2 nitrogen and oxygen atoms in total. The molecule has 0 fully saturated rings. The van der Waals surface area contributed by atoms with E-state index in [1.54, 1.807) is 11.3 Å². The van der Waals surface area contributed by atoms with Crippen LogP contribution in [0.3, 0.4) is 0 Å². The predicted octanol–water partition coefficient (Wildman–Crippen LogP) is 5.39. The highest BCUT2D eigenvalue weighted by atomic mass is 32.1. The number of pyridine rings is 1. The molecule has 0 aliphatic heterocycles. The van der Waals surface area contributed by atoms with E-state index in [2.05, 4.69) is 16.9 Å². The van der Waals surface area contributed by atoms with Gasteiger partial charge in [0.1, 0.15) is 5.52 Å². The van der Waals surface area contributed by atoms with Crippen LogP contribution in [0.1, 0.15) is 52.1 Å². The normalized spacial score (nSPS) is 8.00. The summed E-state index contributed by atoms with van der Waals surface area (Å²) in [6.07, 6.45) is 3.69.